The second-order valence-corrected chi connectivity index (χ2v) is 10.8. The number of carbonyl (C=O) groups is 2. The maximum absolute atomic E-state index is 14.7. The van der Waals surface area contributed by atoms with Crippen LogP contribution in [-0.2, 0) is 11.3 Å². The summed E-state index contributed by atoms with van der Waals surface area (Å²) >= 11 is 6.95. The van der Waals surface area contributed by atoms with Crippen molar-refractivity contribution >= 4 is 51.5 Å². The van der Waals surface area contributed by atoms with Crippen LogP contribution in [0.1, 0.15) is 30.5 Å². The van der Waals surface area contributed by atoms with Crippen molar-refractivity contribution < 1.29 is 14.0 Å². The number of rotatable bonds is 5. The highest BCUT2D eigenvalue weighted by molar-refractivity contribution is 8.18. The number of likely N-dealkylation sites (tertiary alicyclic amines) is 1. The monoisotopic (exact) mass is 512 g/mol. The molecule has 0 aliphatic carbocycles. The van der Waals surface area contributed by atoms with E-state index in [9.17, 15) is 14.0 Å². The Labute approximate surface area is 212 Å². The van der Waals surface area contributed by atoms with Crippen LogP contribution in [-0.4, -0.2) is 62.1 Å². The van der Waals surface area contributed by atoms with E-state index in [0.29, 0.717) is 23.0 Å². The number of benzene rings is 2. The molecule has 2 aliphatic heterocycles. The Balaban J connectivity index is 1.36. The van der Waals surface area contributed by atoms with E-state index in [1.165, 1.54) is 0 Å². The Kier molecular flexibility index (Phi) is 6.46. The Morgan fingerprint density at radius 3 is 2.71 bits per heavy atom. The van der Waals surface area contributed by atoms with Crippen LogP contribution in [0, 0.1) is 6.92 Å². The lowest BCUT2D eigenvalue weighted by Gasteiger charge is -2.23. The average molecular weight is 513 g/mol. The van der Waals surface area contributed by atoms with Crippen LogP contribution in [0.2, 0.25) is 5.02 Å². The fourth-order valence-electron chi connectivity index (χ4n) is 4.68. The molecule has 3 heterocycles. The Hall–Kier alpha value is -2.68. The summed E-state index contributed by atoms with van der Waals surface area (Å²) < 4.78 is 16.6. The highest BCUT2D eigenvalue weighted by Gasteiger charge is 2.47. The van der Waals surface area contributed by atoms with Crippen molar-refractivity contribution in [3.63, 3.8) is 0 Å². The quantitative estimate of drug-likeness (QED) is 0.422. The second kappa shape index (κ2) is 9.41. The van der Waals surface area contributed by atoms with E-state index in [-0.39, 0.29) is 12.6 Å². The molecule has 2 aromatic carbocycles. The van der Waals surface area contributed by atoms with Crippen LogP contribution in [0.15, 0.2) is 47.5 Å². The van der Waals surface area contributed by atoms with E-state index >= 15 is 0 Å². The van der Waals surface area contributed by atoms with Crippen LogP contribution in [0.4, 0.5) is 9.18 Å². The van der Waals surface area contributed by atoms with Crippen LogP contribution < -0.4 is 0 Å². The molecule has 3 aromatic rings. The molecule has 0 radical (unpaired) electrons. The fourth-order valence-corrected chi connectivity index (χ4v) is 5.79. The van der Waals surface area contributed by atoms with Gasteiger partial charge in [0.15, 0.2) is 0 Å². The summed E-state index contributed by atoms with van der Waals surface area (Å²) in [6, 6.07) is 11.0. The van der Waals surface area contributed by atoms with Crippen molar-refractivity contribution in [2.45, 2.75) is 45.6 Å². The molecule has 9 heteroatoms. The molecule has 2 unspecified atom stereocenters. The van der Waals surface area contributed by atoms with Gasteiger partial charge in [-0.25, -0.2) is 4.39 Å². The number of aryl methyl sites for hydroxylation is 1. The number of alkyl halides is 1. The molecule has 2 amide bonds. The van der Waals surface area contributed by atoms with Gasteiger partial charge in [0.25, 0.3) is 11.1 Å². The van der Waals surface area contributed by atoms with E-state index in [2.05, 4.69) is 5.10 Å². The van der Waals surface area contributed by atoms with E-state index in [4.69, 9.17) is 11.6 Å². The topological polar surface area (TPSA) is 58.4 Å². The van der Waals surface area contributed by atoms with Gasteiger partial charge in [-0.2, -0.15) is 5.10 Å². The van der Waals surface area contributed by atoms with Crippen LogP contribution in [0.3, 0.4) is 0 Å². The first-order chi connectivity index (χ1) is 16.7. The summed E-state index contributed by atoms with van der Waals surface area (Å²) in [7, 11) is 0. The zero-order chi connectivity index (χ0) is 24.9. The minimum absolute atomic E-state index is 0.157. The van der Waals surface area contributed by atoms with Gasteiger partial charge >= 0.3 is 0 Å². The first-order valence-electron chi connectivity index (χ1n) is 11.6. The lowest BCUT2D eigenvalue weighted by atomic mass is 10.1. The zero-order valence-electron chi connectivity index (χ0n) is 19.7. The maximum Gasteiger partial charge on any atom is 0.293 e. The Morgan fingerprint density at radius 1 is 1.20 bits per heavy atom. The van der Waals surface area contributed by atoms with E-state index in [1.807, 2.05) is 66.8 Å². The van der Waals surface area contributed by atoms with Crippen molar-refractivity contribution in [3.8, 4) is 0 Å². The van der Waals surface area contributed by atoms with E-state index in [1.54, 1.807) is 12.3 Å². The molecule has 0 saturated carbocycles. The van der Waals surface area contributed by atoms with Crippen LogP contribution in [0.25, 0.3) is 17.0 Å². The smallest absolute Gasteiger partial charge is 0.293 e. The van der Waals surface area contributed by atoms with Crippen LogP contribution >= 0.6 is 23.4 Å². The summed E-state index contributed by atoms with van der Waals surface area (Å²) in [6.45, 7) is 7.20. The molecule has 0 N–H and O–H groups in total. The fraction of sp³-hybridized carbons (Fsp3) is 0.346. The predicted octanol–water partition coefficient (Wildman–Crippen LogP) is 5.51. The summed E-state index contributed by atoms with van der Waals surface area (Å²) in [5.74, 6) is -0.424. The second-order valence-electron chi connectivity index (χ2n) is 9.37. The lowest BCUT2D eigenvalue weighted by Crippen LogP contribution is -2.44. The number of hydrogen-bond acceptors (Lipinski definition) is 5. The maximum atomic E-state index is 14.7. The van der Waals surface area contributed by atoms with Gasteiger partial charge in [0.2, 0.25) is 0 Å². The van der Waals surface area contributed by atoms with Gasteiger partial charge in [0.1, 0.15) is 6.17 Å². The van der Waals surface area contributed by atoms with Gasteiger partial charge in [-0.15, -0.1) is 0 Å². The number of nitrogens with zero attached hydrogens (tertiary/aromatic N) is 4. The summed E-state index contributed by atoms with van der Waals surface area (Å²) in [4.78, 5) is 29.1. The molecular weight excluding hydrogens is 487 g/mol. The number of hydrogen-bond donors (Lipinski definition) is 0. The largest absolute Gasteiger partial charge is 0.296 e. The summed E-state index contributed by atoms with van der Waals surface area (Å²) in [5, 5.41) is 5.75. The number of aromatic nitrogens is 2. The molecule has 0 bridgehead atoms. The van der Waals surface area contributed by atoms with Crippen molar-refractivity contribution in [1.29, 1.82) is 0 Å². The number of halogens is 2. The van der Waals surface area contributed by atoms with E-state index < -0.39 is 23.4 Å². The van der Waals surface area contributed by atoms with Gasteiger partial charge in [0, 0.05) is 29.5 Å². The Bertz CT molecular complexity index is 1350. The number of carbonyl (C=O) groups excluding carboxylic acids is 2. The lowest BCUT2D eigenvalue weighted by molar-refractivity contribution is -0.124. The average Bonchev–Trinajstić information content (AvgIpc) is 3.46. The highest BCUT2D eigenvalue weighted by Crippen LogP contribution is 2.37. The van der Waals surface area contributed by atoms with Crippen molar-refractivity contribution in [1.82, 2.24) is 19.6 Å². The van der Waals surface area contributed by atoms with Crippen molar-refractivity contribution in [2.75, 3.05) is 13.1 Å². The number of amides is 2. The highest BCUT2D eigenvalue weighted by atomic mass is 35.5. The molecule has 2 aliphatic rings. The Morgan fingerprint density at radius 2 is 2.00 bits per heavy atom. The van der Waals surface area contributed by atoms with Gasteiger partial charge in [-0.05, 0) is 79.6 Å². The van der Waals surface area contributed by atoms with Crippen molar-refractivity contribution in [2.24, 2.45) is 0 Å². The van der Waals surface area contributed by atoms with Gasteiger partial charge < -0.3 is 0 Å². The molecule has 0 spiro atoms. The van der Waals surface area contributed by atoms with Gasteiger partial charge in [-0.1, -0.05) is 23.7 Å². The molecule has 2 fully saturated rings. The standard InChI is InChI=1S/C26H26ClFN4O2S/c1-15(2)30-13-21(28)23(14-30)32-25(33)24(35-26(32)34)10-17-4-7-22-19(9-17)11-29-31(22)12-18-5-6-20(27)8-16(18)3/h4-11,15,21,23H,12-14H2,1-3H3. The SMILES string of the molecule is Cc1cc(Cl)ccc1Cn1ncc2cc(C=C3SC(=O)N(C4CN(C(C)C)CC4F)C3=O)ccc21. The number of fused-ring (bicyclic) bond motifs is 1. The molecule has 2 atom stereocenters. The third-order valence-corrected chi connectivity index (χ3v) is 7.84. The van der Waals surface area contributed by atoms with Gasteiger partial charge in [0.05, 0.1) is 29.2 Å². The van der Waals surface area contributed by atoms with Crippen molar-refractivity contribution in [3.05, 3.63) is 69.2 Å². The minimum atomic E-state index is -1.24. The molecule has 6 nitrogen and oxygen atoms in total. The molecule has 35 heavy (non-hydrogen) atoms. The summed E-state index contributed by atoms with van der Waals surface area (Å²) in [6.07, 6.45) is 2.25. The predicted molar refractivity (Wildman–Crippen MR) is 138 cm³/mol. The molecular formula is C26H26ClFN4O2S. The third-order valence-electron chi connectivity index (χ3n) is 6.72. The zero-order valence-corrected chi connectivity index (χ0v) is 21.3. The molecule has 5 rings (SSSR count). The number of imide groups is 1. The molecule has 1 aromatic heterocycles. The first kappa shape index (κ1) is 24.0. The van der Waals surface area contributed by atoms with Crippen LogP contribution in [0.5, 0.6) is 0 Å². The van der Waals surface area contributed by atoms with E-state index in [0.717, 1.165) is 44.3 Å². The third kappa shape index (κ3) is 4.62. The number of thioether (sulfide) groups is 1. The first-order valence-corrected chi connectivity index (χ1v) is 12.8. The summed E-state index contributed by atoms with van der Waals surface area (Å²) in [5.41, 5.74) is 3.98. The normalized spacial score (nSPS) is 22.5. The molecule has 2 saturated heterocycles. The van der Waals surface area contributed by atoms with Gasteiger partial charge in [-0.3, -0.25) is 24.1 Å². The minimum Gasteiger partial charge on any atom is -0.296 e. The molecule has 182 valence electrons.